The van der Waals surface area contributed by atoms with Gasteiger partial charge in [-0.3, -0.25) is 9.78 Å². The Bertz CT molecular complexity index is 1030. The summed E-state index contributed by atoms with van der Waals surface area (Å²) >= 11 is 0. The minimum absolute atomic E-state index is 0.0330. The van der Waals surface area contributed by atoms with E-state index in [2.05, 4.69) is 17.1 Å². The lowest BCUT2D eigenvalue weighted by Gasteiger charge is -2.32. The molecule has 1 aromatic heterocycles. The van der Waals surface area contributed by atoms with E-state index in [1.165, 1.54) is 5.56 Å². The predicted molar refractivity (Wildman–Crippen MR) is 114 cm³/mol. The molecule has 29 heavy (non-hydrogen) atoms. The summed E-state index contributed by atoms with van der Waals surface area (Å²) in [6, 6.07) is 13.4. The molecule has 4 N–H and O–H groups in total. The highest BCUT2D eigenvalue weighted by Gasteiger charge is 2.26. The summed E-state index contributed by atoms with van der Waals surface area (Å²) in [7, 11) is -1.61. The maximum Gasteiger partial charge on any atom is 0.489 e. The highest BCUT2D eigenvalue weighted by atomic mass is 16.4. The maximum atomic E-state index is 13.2. The van der Waals surface area contributed by atoms with Crippen molar-refractivity contribution in [2.75, 3.05) is 13.1 Å². The van der Waals surface area contributed by atoms with E-state index in [0.717, 1.165) is 18.4 Å². The van der Waals surface area contributed by atoms with Crippen LogP contribution in [0.25, 0.3) is 10.8 Å². The lowest BCUT2D eigenvalue weighted by Crippen LogP contribution is -2.38. The maximum absolute atomic E-state index is 13.2. The van der Waals surface area contributed by atoms with Crippen molar-refractivity contribution in [3.05, 3.63) is 71.5 Å². The molecular weight excluding hydrogens is 365 g/mol. The van der Waals surface area contributed by atoms with Gasteiger partial charge < -0.3 is 20.7 Å². The van der Waals surface area contributed by atoms with Crippen LogP contribution in [-0.2, 0) is 6.54 Å². The standard InChI is InChI=1S/C22H24BN3O3/c24-13-15-2-1-3-17(12-15)16-7-10-26(11-8-16)22(27)19-4-5-21(23(28)29)20-14-25-9-6-18(19)20/h1-6,9,12,14,16,28-29H,7-8,10-11,13,24H2. The number of aromatic nitrogens is 1. The van der Waals surface area contributed by atoms with Gasteiger partial charge in [-0.15, -0.1) is 0 Å². The van der Waals surface area contributed by atoms with Crippen molar-refractivity contribution in [2.45, 2.75) is 25.3 Å². The van der Waals surface area contributed by atoms with Crippen molar-refractivity contribution in [1.29, 1.82) is 0 Å². The Morgan fingerprint density at radius 2 is 1.93 bits per heavy atom. The molecule has 0 radical (unpaired) electrons. The van der Waals surface area contributed by atoms with Gasteiger partial charge in [-0.2, -0.15) is 0 Å². The molecule has 0 unspecified atom stereocenters. The number of nitrogens with zero attached hydrogens (tertiary/aromatic N) is 2. The van der Waals surface area contributed by atoms with Gasteiger partial charge in [0.1, 0.15) is 0 Å². The van der Waals surface area contributed by atoms with Crippen molar-refractivity contribution in [1.82, 2.24) is 9.88 Å². The summed E-state index contributed by atoms with van der Waals surface area (Å²) in [5.41, 5.74) is 9.10. The average molecular weight is 389 g/mol. The third-order valence-electron chi connectivity index (χ3n) is 5.80. The minimum Gasteiger partial charge on any atom is -0.423 e. The summed E-state index contributed by atoms with van der Waals surface area (Å²) in [5, 5.41) is 20.5. The molecule has 0 aliphatic carbocycles. The second-order valence-electron chi connectivity index (χ2n) is 7.51. The Morgan fingerprint density at radius 1 is 1.14 bits per heavy atom. The zero-order valence-corrected chi connectivity index (χ0v) is 16.2. The molecule has 7 heteroatoms. The van der Waals surface area contributed by atoms with Gasteiger partial charge in [0.25, 0.3) is 5.91 Å². The number of likely N-dealkylation sites (tertiary alicyclic amines) is 1. The number of fused-ring (bicyclic) bond motifs is 1. The zero-order chi connectivity index (χ0) is 20.4. The molecule has 1 fully saturated rings. The van der Waals surface area contributed by atoms with Gasteiger partial charge in [-0.1, -0.05) is 30.3 Å². The Labute approximate surface area is 170 Å². The van der Waals surface area contributed by atoms with Crippen LogP contribution in [0.3, 0.4) is 0 Å². The molecule has 2 heterocycles. The highest BCUT2D eigenvalue weighted by Crippen LogP contribution is 2.30. The Hall–Kier alpha value is -2.74. The third kappa shape index (κ3) is 3.89. The quantitative estimate of drug-likeness (QED) is 0.586. The summed E-state index contributed by atoms with van der Waals surface area (Å²) in [5.74, 6) is 0.396. The van der Waals surface area contributed by atoms with E-state index in [4.69, 9.17) is 5.73 Å². The minimum atomic E-state index is -1.61. The number of pyridine rings is 1. The molecule has 0 spiro atoms. The van der Waals surface area contributed by atoms with Crippen molar-refractivity contribution in [3.63, 3.8) is 0 Å². The fraction of sp³-hybridized carbons (Fsp3) is 0.273. The van der Waals surface area contributed by atoms with Crippen molar-refractivity contribution in [3.8, 4) is 0 Å². The highest BCUT2D eigenvalue weighted by molar-refractivity contribution is 6.62. The Balaban J connectivity index is 1.54. The molecule has 0 bridgehead atoms. The van der Waals surface area contributed by atoms with Crippen LogP contribution in [0.2, 0.25) is 0 Å². The van der Waals surface area contributed by atoms with Gasteiger partial charge in [0.05, 0.1) is 0 Å². The van der Waals surface area contributed by atoms with Crippen LogP contribution in [-0.4, -0.2) is 46.0 Å². The number of hydrogen-bond donors (Lipinski definition) is 3. The Morgan fingerprint density at radius 3 is 2.66 bits per heavy atom. The van der Waals surface area contributed by atoms with Crippen LogP contribution in [0.15, 0.2) is 54.9 Å². The van der Waals surface area contributed by atoms with Crippen LogP contribution in [0, 0.1) is 0 Å². The molecule has 0 saturated carbocycles. The summed E-state index contributed by atoms with van der Waals surface area (Å²) in [6.45, 7) is 1.91. The van der Waals surface area contributed by atoms with Crippen LogP contribution in [0.1, 0.15) is 40.2 Å². The van der Waals surface area contributed by atoms with Crippen molar-refractivity contribution < 1.29 is 14.8 Å². The fourth-order valence-corrected chi connectivity index (χ4v) is 4.18. The van der Waals surface area contributed by atoms with Crippen molar-refractivity contribution in [2.24, 2.45) is 5.73 Å². The van der Waals surface area contributed by atoms with Crippen molar-refractivity contribution >= 4 is 29.3 Å². The SMILES string of the molecule is NCc1cccc(C2CCN(C(=O)c3ccc(B(O)O)c4cnccc34)CC2)c1. The number of benzene rings is 2. The second kappa shape index (κ2) is 8.33. The first-order valence-electron chi connectivity index (χ1n) is 9.89. The lowest BCUT2D eigenvalue weighted by molar-refractivity contribution is 0.0715. The molecule has 1 aliphatic rings. The van der Waals surface area contributed by atoms with Gasteiger partial charge in [-0.05, 0) is 52.9 Å². The predicted octanol–water partition coefficient (Wildman–Crippen LogP) is 1.39. The van der Waals surface area contributed by atoms with Gasteiger partial charge in [0.15, 0.2) is 0 Å². The van der Waals surface area contributed by atoms with E-state index >= 15 is 0 Å². The number of rotatable bonds is 4. The van der Waals surface area contributed by atoms with Crippen LogP contribution < -0.4 is 11.2 Å². The lowest BCUT2D eigenvalue weighted by atomic mass is 9.76. The number of hydrogen-bond acceptors (Lipinski definition) is 5. The molecular formula is C22H24BN3O3. The van der Waals surface area contributed by atoms with Crippen LogP contribution >= 0.6 is 0 Å². The molecule has 6 nitrogen and oxygen atoms in total. The largest absolute Gasteiger partial charge is 0.489 e. The molecule has 4 rings (SSSR count). The molecule has 0 atom stereocenters. The smallest absolute Gasteiger partial charge is 0.423 e. The topological polar surface area (TPSA) is 99.7 Å². The number of carbonyl (C=O) groups is 1. The molecule has 148 valence electrons. The summed E-state index contributed by atoms with van der Waals surface area (Å²) in [6.07, 6.45) is 5.00. The van der Waals surface area contributed by atoms with E-state index < -0.39 is 7.12 Å². The van der Waals surface area contributed by atoms with Gasteiger partial charge in [0.2, 0.25) is 0 Å². The number of carbonyl (C=O) groups excluding carboxylic acids is 1. The average Bonchev–Trinajstić information content (AvgIpc) is 2.78. The van der Waals surface area contributed by atoms with E-state index in [1.54, 1.807) is 30.6 Å². The first kappa shape index (κ1) is 19.6. The van der Waals surface area contributed by atoms with E-state index in [1.807, 2.05) is 17.0 Å². The zero-order valence-electron chi connectivity index (χ0n) is 16.2. The van der Waals surface area contributed by atoms with E-state index in [0.29, 0.717) is 47.4 Å². The Kier molecular flexibility index (Phi) is 5.62. The molecule has 2 aromatic carbocycles. The summed E-state index contributed by atoms with van der Waals surface area (Å²) < 4.78 is 0. The number of piperidine rings is 1. The first-order valence-corrected chi connectivity index (χ1v) is 9.89. The van der Waals surface area contributed by atoms with Gasteiger partial charge >= 0.3 is 7.12 Å². The normalized spacial score (nSPS) is 14.9. The first-order chi connectivity index (χ1) is 14.1. The van der Waals surface area contributed by atoms with Gasteiger partial charge in [0, 0.05) is 43.0 Å². The number of amides is 1. The monoisotopic (exact) mass is 389 g/mol. The summed E-state index contributed by atoms with van der Waals surface area (Å²) in [4.78, 5) is 19.2. The van der Waals surface area contributed by atoms with E-state index in [-0.39, 0.29) is 5.91 Å². The molecule has 3 aromatic rings. The molecule has 1 saturated heterocycles. The van der Waals surface area contributed by atoms with Crippen LogP contribution in [0.4, 0.5) is 0 Å². The molecule has 1 aliphatic heterocycles. The fourth-order valence-electron chi connectivity index (χ4n) is 4.18. The molecule has 1 amide bonds. The van der Waals surface area contributed by atoms with Crippen LogP contribution in [0.5, 0.6) is 0 Å². The third-order valence-corrected chi connectivity index (χ3v) is 5.80. The van der Waals surface area contributed by atoms with Gasteiger partial charge in [-0.25, -0.2) is 0 Å². The second-order valence-corrected chi connectivity index (χ2v) is 7.51. The number of nitrogens with two attached hydrogens (primary N) is 1. The van der Waals surface area contributed by atoms with E-state index in [9.17, 15) is 14.8 Å².